The van der Waals surface area contributed by atoms with E-state index in [0.717, 1.165) is 22.6 Å². The van der Waals surface area contributed by atoms with Gasteiger partial charge in [-0.25, -0.2) is 5.01 Å². The predicted molar refractivity (Wildman–Crippen MR) is 117 cm³/mol. The molecule has 0 aliphatic carbocycles. The lowest BCUT2D eigenvalue weighted by molar-refractivity contribution is -0.134. The fourth-order valence-electron chi connectivity index (χ4n) is 3.61. The standard InChI is InChI=1S/C24H31N3O2/c1-16(2)26(5)15-24(28)27-23(21-12-7-17(3)13-18(21)4)14-22(25-27)19-8-10-20(29-6)11-9-19/h7-13,16,23H,14-15H2,1-6H3. The zero-order chi connectivity index (χ0) is 21.1. The predicted octanol–water partition coefficient (Wildman–Crippen LogP) is 4.33. The monoisotopic (exact) mass is 393 g/mol. The molecule has 0 aromatic heterocycles. The molecule has 154 valence electrons. The molecule has 1 amide bonds. The largest absolute Gasteiger partial charge is 0.497 e. The van der Waals surface area contributed by atoms with Crippen molar-refractivity contribution in [3.63, 3.8) is 0 Å². The third kappa shape index (κ3) is 4.67. The number of likely N-dealkylation sites (N-methyl/N-ethyl adjacent to an activating group) is 1. The summed E-state index contributed by atoms with van der Waals surface area (Å²) in [6.45, 7) is 8.72. The number of nitrogens with zero attached hydrogens (tertiary/aromatic N) is 3. The first-order chi connectivity index (χ1) is 13.8. The molecule has 0 N–H and O–H groups in total. The number of aryl methyl sites for hydroxylation is 2. The normalized spacial score (nSPS) is 16.5. The zero-order valence-corrected chi connectivity index (χ0v) is 18.3. The highest BCUT2D eigenvalue weighted by Crippen LogP contribution is 2.35. The minimum Gasteiger partial charge on any atom is -0.497 e. The average Bonchev–Trinajstić information content (AvgIpc) is 3.13. The number of benzene rings is 2. The Labute approximate surface area is 174 Å². The number of ether oxygens (including phenoxy) is 1. The van der Waals surface area contributed by atoms with E-state index in [9.17, 15) is 4.79 Å². The summed E-state index contributed by atoms with van der Waals surface area (Å²) in [5, 5.41) is 6.47. The third-order valence-electron chi connectivity index (χ3n) is 5.64. The van der Waals surface area contributed by atoms with Crippen molar-refractivity contribution in [3.8, 4) is 5.75 Å². The SMILES string of the molecule is COc1ccc(C2=NN(C(=O)CN(C)C(C)C)C(c3ccc(C)cc3C)C2)cc1. The second-order valence-corrected chi connectivity index (χ2v) is 8.10. The molecule has 0 saturated heterocycles. The second-order valence-electron chi connectivity index (χ2n) is 8.10. The Morgan fingerprint density at radius 1 is 1.21 bits per heavy atom. The number of hydrazone groups is 1. The quantitative estimate of drug-likeness (QED) is 0.734. The van der Waals surface area contributed by atoms with Gasteiger partial charge in [0.15, 0.2) is 0 Å². The lowest BCUT2D eigenvalue weighted by atomic mass is 9.94. The molecule has 2 aromatic rings. The summed E-state index contributed by atoms with van der Waals surface area (Å²) in [6.07, 6.45) is 0.702. The Kier molecular flexibility index (Phi) is 6.38. The maximum absolute atomic E-state index is 13.2. The lowest BCUT2D eigenvalue weighted by Crippen LogP contribution is -2.39. The van der Waals surface area contributed by atoms with E-state index in [1.165, 1.54) is 11.1 Å². The molecule has 1 atom stereocenters. The van der Waals surface area contributed by atoms with Gasteiger partial charge in [0.2, 0.25) is 0 Å². The van der Waals surface area contributed by atoms with Crippen LogP contribution in [0.3, 0.4) is 0 Å². The molecule has 1 aliphatic rings. The number of amides is 1. The molecule has 2 aromatic carbocycles. The van der Waals surface area contributed by atoms with Crippen LogP contribution in [-0.4, -0.2) is 48.3 Å². The van der Waals surface area contributed by atoms with Gasteiger partial charge >= 0.3 is 0 Å². The molecule has 1 unspecified atom stereocenters. The molecule has 29 heavy (non-hydrogen) atoms. The van der Waals surface area contributed by atoms with Crippen molar-refractivity contribution in [1.29, 1.82) is 0 Å². The minimum absolute atomic E-state index is 0.0229. The Bertz CT molecular complexity index is 903. The maximum Gasteiger partial charge on any atom is 0.257 e. The summed E-state index contributed by atoms with van der Waals surface area (Å²) < 4.78 is 5.26. The minimum atomic E-state index is -0.0826. The smallest absolute Gasteiger partial charge is 0.257 e. The van der Waals surface area contributed by atoms with E-state index in [1.807, 2.05) is 36.2 Å². The molecule has 0 bridgehead atoms. The van der Waals surface area contributed by atoms with Crippen LogP contribution < -0.4 is 4.74 Å². The maximum atomic E-state index is 13.2. The number of hydrogen-bond donors (Lipinski definition) is 0. The van der Waals surface area contributed by atoms with Gasteiger partial charge in [-0.05, 0) is 75.7 Å². The third-order valence-corrected chi connectivity index (χ3v) is 5.64. The number of hydrogen-bond acceptors (Lipinski definition) is 4. The van der Waals surface area contributed by atoms with Gasteiger partial charge in [-0.3, -0.25) is 9.69 Å². The van der Waals surface area contributed by atoms with Crippen molar-refractivity contribution in [2.45, 2.75) is 46.2 Å². The van der Waals surface area contributed by atoms with E-state index >= 15 is 0 Å². The fraction of sp³-hybridized carbons (Fsp3) is 0.417. The molecule has 1 aliphatic heterocycles. The van der Waals surface area contributed by atoms with Crippen molar-refractivity contribution in [3.05, 3.63) is 64.7 Å². The summed E-state index contributed by atoms with van der Waals surface area (Å²) >= 11 is 0. The highest BCUT2D eigenvalue weighted by atomic mass is 16.5. The van der Waals surface area contributed by atoms with Gasteiger partial charge < -0.3 is 4.74 Å². The molecular formula is C24H31N3O2. The van der Waals surface area contributed by atoms with Crippen LogP contribution in [0.2, 0.25) is 0 Å². The number of rotatable bonds is 6. The summed E-state index contributed by atoms with van der Waals surface area (Å²) in [5.74, 6) is 0.833. The molecule has 0 spiro atoms. The summed E-state index contributed by atoms with van der Waals surface area (Å²) in [6, 6.07) is 14.5. The Balaban J connectivity index is 1.94. The number of carbonyl (C=O) groups is 1. The molecule has 0 saturated carbocycles. The highest BCUT2D eigenvalue weighted by molar-refractivity contribution is 6.03. The zero-order valence-electron chi connectivity index (χ0n) is 18.3. The van der Waals surface area contributed by atoms with Crippen molar-refractivity contribution in [2.75, 3.05) is 20.7 Å². The summed E-state index contributed by atoms with van der Waals surface area (Å²) in [7, 11) is 3.63. The molecule has 5 nitrogen and oxygen atoms in total. The van der Waals surface area contributed by atoms with E-state index < -0.39 is 0 Å². The topological polar surface area (TPSA) is 45.1 Å². The van der Waals surface area contributed by atoms with Crippen LogP contribution in [0.15, 0.2) is 47.6 Å². The van der Waals surface area contributed by atoms with Crippen molar-refractivity contribution >= 4 is 11.6 Å². The Morgan fingerprint density at radius 2 is 1.90 bits per heavy atom. The van der Waals surface area contributed by atoms with Crippen molar-refractivity contribution in [1.82, 2.24) is 9.91 Å². The van der Waals surface area contributed by atoms with Crippen LogP contribution in [0.4, 0.5) is 0 Å². The van der Waals surface area contributed by atoms with Gasteiger partial charge in [-0.1, -0.05) is 23.8 Å². The second kappa shape index (κ2) is 8.78. The van der Waals surface area contributed by atoms with Crippen LogP contribution in [-0.2, 0) is 4.79 Å². The number of carbonyl (C=O) groups excluding carboxylic acids is 1. The summed E-state index contributed by atoms with van der Waals surface area (Å²) in [4.78, 5) is 15.2. The van der Waals surface area contributed by atoms with Gasteiger partial charge in [-0.15, -0.1) is 0 Å². The highest BCUT2D eigenvalue weighted by Gasteiger charge is 2.34. The van der Waals surface area contributed by atoms with Crippen molar-refractivity contribution in [2.24, 2.45) is 5.10 Å². The van der Waals surface area contributed by atoms with Crippen LogP contribution in [0.5, 0.6) is 5.75 Å². The van der Waals surface area contributed by atoms with Gasteiger partial charge in [-0.2, -0.15) is 5.10 Å². The van der Waals surface area contributed by atoms with E-state index in [1.54, 1.807) is 12.1 Å². The molecule has 3 rings (SSSR count). The van der Waals surface area contributed by atoms with E-state index in [0.29, 0.717) is 19.0 Å². The first-order valence-corrected chi connectivity index (χ1v) is 10.1. The molecule has 0 fully saturated rings. The first-order valence-electron chi connectivity index (χ1n) is 10.1. The first kappa shape index (κ1) is 21.1. The van der Waals surface area contributed by atoms with E-state index in [-0.39, 0.29) is 11.9 Å². The van der Waals surface area contributed by atoms with Gasteiger partial charge in [0.1, 0.15) is 5.75 Å². The van der Waals surface area contributed by atoms with E-state index in [4.69, 9.17) is 9.84 Å². The Hall–Kier alpha value is -2.66. The van der Waals surface area contributed by atoms with Gasteiger partial charge in [0, 0.05) is 12.5 Å². The molecule has 1 heterocycles. The molecule has 0 radical (unpaired) electrons. The Morgan fingerprint density at radius 3 is 2.48 bits per heavy atom. The summed E-state index contributed by atoms with van der Waals surface area (Å²) in [5.41, 5.74) is 5.52. The molecular weight excluding hydrogens is 362 g/mol. The average molecular weight is 394 g/mol. The lowest BCUT2D eigenvalue weighted by Gasteiger charge is -2.27. The van der Waals surface area contributed by atoms with Crippen LogP contribution in [0, 0.1) is 13.8 Å². The molecule has 5 heteroatoms. The van der Waals surface area contributed by atoms with Crippen LogP contribution in [0.1, 0.15) is 48.6 Å². The van der Waals surface area contributed by atoms with E-state index in [2.05, 4.69) is 45.9 Å². The number of methoxy groups -OCH3 is 1. The van der Waals surface area contributed by atoms with Crippen LogP contribution in [0.25, 0.3) is 0 Å². The van der Waals surface area contributed by atoms with Crippen molar-refractivity contribution < 1.29 is 9.53 Å². The van der Waals surface area contributed by atoms with Crippen LogP contribution >= 0.6 is 0 Å². The fourth-order valence-corrected chi connectivity index (χ4v) is 3.61. The van der Waals surface area contributed by atoms with Gasteiger partial charge in [0.05, 0.1) is 25.4 Å². The van der Waals surface area contributed by atoms with Gasteiger partial charge in [0.25, 0.3) is 5.91 Å².